The topological polar surface area (TPSA) is 75.4 Å². The van der Waals surface area contributed by atoms with Crippen LogP contribution in [0.2, 0.25) is 0 Å². The summed E-state index contributed by atoms with van der Waals surface area (Å²) >= 11 is 0. The summed E-state index contributed by atoms with van der Waals surface area (Å²) in [5.41, 5.74) is -0.761. The number of carbonyl (C=O) groups excluding carboxylic acids is 2. The molecule has 0 aromatic carbocycles. The summed E-state index contributed by atoms with van der Waals surface area (Å²) < 4.78 is 5.08. The molecule has 20 heavy (non-hydrogen) atoms. The maximum Gasteiger partial charge on any atom is 0.249 e. The number of amides is 2. The van der Waals surface area contributed by atoms with Gasteiger partial charge in [-0.1, -0.05) is 12.1 Å². The van der Waals surface area contributed by atoms with E-state index < -0.39 is 11.6 Å². The Bertz CT molecular complexity index is 524. The van der Waals surface area contributed by atoms with Gasteiger partial charge in [-0.15, -0.1) is 0 Å². The molecule has 3 rings (SSSR count). The van der Waals surface area contributed by atoms with Crippen molar-refractivity contribution in [3.63, 3.8) is 0 Å². The summed E-state index contributed by atoms with van der Waals surface area (Å²) in [5, 5.41) is 6.59. The molecule has 108 valence electrons. The average Bonchev–Trinajstić information content (AvgIpc) is 3.16. The molecular weight excluding hydrogens is 258 g/mol. The molecule has 2 aliphatic rings. The molecule has 1 saturated carbocycles. The van der Waals surface area contributed by atoms with E-state index in [0.717, 1.165) is 12.8 Å². The lowest BCUT2D eigenvalue weighted by Gasteiger charge is -2.44. The predicted octanol–water partition coefficient (Wildman–Crippen LogP) is 1.08. The van der Waals surface area contributed by atoms with E-state index in [-0.39, 0.29) is 17.7 Å². The van der Waals surface area contributed by atoms with Crippen LogP contribution in [0, 0.1) is 5.92 Å². The second-order valence-corrected chi connectivity index (χ2v) is 5.80. The highest BCUT2D eigenvalue weighted by molar-refractivity contribution is 6.00. The lowest BCUT2D eigenvalue weighted by molar-refractivity contribution is -0.156. The van der Waals surface area contributed by atoms with Crippen LogP contribution in [-0.4, -0.2) is 33.5 Å². The molecule has 0 spiro atoms. The number of carbonyl (C=O) groups is 2. The summed E-state index contributed by atoms with van der Waals surface area (Å²) in [6.07, 6.45) is 4.13. The first kappa shape index (κ1) is 13.1. The molecule has 2 fully saturated rings. The molecule has 6 nitrogen and oxygen atoms in total. The fourth-order valence-electron chi connectivity index (χ4n) is 2.99. The average molecular weight is 277 g/mol. The molecule has 2 atom stereocenters. The van der Waals surface area contributed by atoms with Crippen molar-refractivity contribution in [3.8, 4) is 0 Å². The van der Waals surface area contributed by atoms with Gasteiger partial charge in [-0.05, 0) is 32.1 Å². The Hall–Kier alpha value is -1.85. The van der Waals surface area contributed by atoms with E-state index in [1.54, 1.807) is 17.2 Å². The molecule has 6 heteroatoms. The number of nitrogens with zero attached hydrogens (tertiary/aromatic N) is 2. The van der Waals surface area contributed by atoms with Crippen LogP contribution in [0.1, 0.15) is 38.9 Å². The Morgan fingerprint density at radius 1 is 1.50 bits per heavy atom. The fraction of sp³-hybridized carbons (Fsp3) is 0.643. The molecule has 1 saturated heterocycles. The zero-order chi connectivity index (χ0) is 14.3. The Balaban J connectivity index is 1.89. The molecule has 2 unspecified atom stereocenters. The summed E-state index contributed by atoms with van der Waals surface area (Å²) in [6, 6.07) is 1.29. The smallest absolute Gasteiger partial charge is 0.249 e. The first-order valence-electron chi connectivity index (χ1n) is 7.09. The number of nitrogens with one attached hydrogen (secondary N) is 1. The number of aromatic nitrogens is 1. The zero-order valence-electron chi connectivity index (χ0n) is 11.8. The summed E-state index contributed by atoms with van der Waals surface area (Å²) in [5.74, 6) is 0.780. The van der Waals surface area contributed by atoms with Crippen LogP contribution in [0.3, 0.4) is 0 Å². The van der Waals surface area contributed by atoms with Gasteiger partial charge >= 0.3 is 0 Å². The van der Waals surface area contributed by atoms with E-state index in [1.165, 1.54) is 0 Å². The van der Waals surface area contributed by atoms with E-state index in [0.29, 0.717) is 18.7 Å². The van der Waals surface area contributed by atoms with Gasteiger partial charge in [0.1, 0.15) is 11.6 Å². The minimum absolute atomic E-state index is 0.0112. The van der Waals surface area contributed by atoms with Gasteiger partial charge in [0, 0.05) is 6.07 Å². The van der Waals surface area contributed by atoms with Crippen molar-refractivity contribution < 1.29 is 14.1 Å². The second-order valence-electron chi connectivity index (χ2n) is 5.80. The third kappa shape index (κ3) is 1.99. The van der Waals surface area contributed by atoms with Crippen LogP contribution in [0.15, 0.2) is 16.8 Å². The minimum Gasteiger partial charge on any atom is -0.360 e. The quantitative estimate of drug-likeness (QED) is 0.893. The van der Waals surface area contributed by atoms with Gasteiger partial charge in [-0.25, -0.2) is 0 Å². The van der Waals surface area contributed by atoms with Crippen LogP contribution in [-0.2, 0) is 16.1 Å². The van der Waals surface area contributed by atoms with Crippen molar-refractivity contribution in [1.29, 1.82) is 0 Å². The third-order valence-corrected chi connectivity index (χ3v) is 4.36. The zero-order valence-corrected chi connectivity index (χ0v) is 11.8. The molecule has 1 aliphatic heterocycles. The van der Waals surface area contributed by atoms with Gasteiger partial charge in [0.15, 0.2) is 5.76 Å². The highest BCUT2D eigenvalue weighted by Gasteiger charge is 2.55. The van der Waals surface area contributed by atoms with E-state index in [1.807, 2.05) is 13.8 Å². The molecule has 1 aliphatic carbocycles. The second kappa shape index (κ2) is 4.61. The van der Waals surface area contributed by atoms with Gasteiger partial charge in [-0.3, -0.25) is 9.59 Å². The number of piperazine rings is 1. The van der Waals surface area contributed by atoms with E-state index in [2.05, 4.69) is 10.5 Å². The van der Waals surface area contributed by atoms with Crippen molar-refractivity contribution in [2.45, 2.75) is 51.2 Å². The Morgan fingerprint density at radius 2 is 2.25 bits per heavy atom. The van der Waals surface area contributed by atoms with Crippen molar-refractivity contribution in [2.24, 2.45) is 5.92 Å². The molecule has 1 N–H and O–H groups in total. The SMILES string of the molecule is CCC1C(=O)NC(C)(C2CC2)C(=O)N1Cc1ccno1. The molecule has 2 heterocycles. The Labute approximate surface area is 117 Å². The standard InChI is InChI=1S/C14H19N3O3/c1-3-11-12(18)16-14(2,9-4-5-9)13(19)17(11)8-10-6-7-15-20-10/h6-7,9,11H,3-5,8H2,1-2H3,(H,16,18). The lowest BCUT2D eigenvalue weighted by atomic mass is 9.89. The summed E-state index contributed by atoms with van der Waals surface area (Å²) in [7, 11) is 0. The van der Waals surface area contributed by atoms with Crippen molar-refractivity contribution in [3.05, 3.63) is 18.0 Å². The first-order chi connectivity index (χ1) is 9.56. The molecule has 1 aromatic rings. The van der Waals surface area contributed by atoms with Gasteiger partial charge in [-0.2, -0.15) is 0 Å². The van der Waals surface area contributed by atoms with Gasteiger partial charge in [0.2, 0.25) is 11.8 Å². The maximum absolute atomic E-state index is 12.8. The van der Waals surface area contributed by atoms with Crippen molar-refractivity contribution >= 4 is 11.8 Å². The van der Waals surface area contributed by atoms with Crippen LogP contribution in [0.4, 0.5) is 0 Å². The van der Waals surface area contributed by atoms with Crippen LogP contribution in [0.5, 0.6) is 0 Å². The van der Waals surface area contributed by atoms with Crippen LogP contribution in [0.25, 0.3) is 0 Å². The third-order valence-electron chi connectivity index (χ3n) is 4.36. The van der Waals surface area contributed by atoms with Crippen LogP contribution < -0.4 is 5.32 Å². The summed E-state index contributed by atoms with van der Waals surface area (Å²) in [4.78, 5) is 26.8. The minimum atomic E-state index is -0.761. The predicted molar refractivity (Wildman–Crippen MR) is 70.4 cm³/mol. The van der Waals surface area contributed by atoms with Crippen molar-refractivity contribution in [1.82, 2.24) is 15.4 Å². The Kier molecular flexibility index (Phi) is 3.03. The molecular formula is C14H19N3O3. The van der Waals surface area contributed by atoms with E-state index in [9.17, 15) is 9.59 Å². The summed E-state index contributed by atoms with van der Waals surface area (Å²) in [6.45, 7) is 4.04. The van der Waals surface area contributed by atoms with Crippen molar-refractivity contribution in [2.75, 3.05) is 0 Å². The van der Waals surface area contributed by atoms with E-state index >= 15 is 0 Å². The normalized spacial score (nSPS) is 30.5. The monoisotopic (exact) mass is 277 g/mol. The van der Waals surface area contributed by atoms with Gasteiger partial charge < -0.3 is 14.7 Å². The highest BCUT2D eigenvalue weighted by Crippen LogP contribution is 2.42. The molecule has 2 amide bonds. The molecule has 0 radical (unpaired) electrons. The molecule has 1 aromatic heterocycles. The molecule has 0 bridgehead atoms. The first-order valence-corrected chi connectivity index (χ1v) is 7.09. The van der Waals surface area contributed by atoms with Crippen LogP contribution >= 0.6 is 0 Å². The Morgan fingerprint density at radius 3 is 2.80 bits per heavy atom. The fourth-order valence-corrected chi connectivity index (χ4v) is 2.99. The number of hydrogen-bond acceptors (Lipinski definition) is 4. The number of rotatable bonds is 4. The lowest BCUT2D eigenvalue weighted by Crippen LogP contribution is -2.69. The largest absolute Gasteiger partial charge is 0.360 e. The highest BCUT2D eigenvalue weighted by atomic mass is 16.5. The number of hydrogen-bond donors (Lipinski definition) is 1. The van der Waals surface area contributed by atoms with E-state index in [4.69, 9.17) is 4.52 Å². The van der Waals surface area contributed by atoms with Gasteiger partial charge in [0.05, 0.1) is 12.7 Å². The maximum atomic E-state index is 12.8. The van der Waals surface area contributed by atoms with Gasteiger partial charge in [0.25, 0.3) is 0 Å².